The van der Waals surface area contributed by atoms with Gasteiger partial charge in [0.25, 0.3) is 5.91 Å². The minimum Gasteiger partial charge on any atom is -0.496 e. The Bertz CT molecular complexity index is 762. The summed E-state index contributed by atoms with van der Waals surface area (Å²) < 4.78 is 16.2. The molecule has 0 saturated carbocycles. The number of hydrogen-bond donors (Lipinski definition) is 1. The number of carbonyl (C=O) groups is 1. The van der Waals surface area contributed by atoms with Gasteiger partial charge in [-0.2, -0.15) is 5.10 Å². The van der Waals surface area contributed by atoms with Crippen molar-refractivity contribution >= 4 is 28.1 Å². The Balaban J connectivity index is 2.05. The summed E-state index contributed by atoms with van der Waals surface area (Å²) in [5, 5.41) is 3.95. The summed E-state index contributed by atoms with van der Waals surface area (Å²) in [6, 6.07) is 10.4. The van der Waals surface area contributed by atoms with E-state index in [4.69, 9.17) is 14.2 Å². The van der Waals surface area contributed by atoms with Gasteiger partial charge in [0.15, 0.2) is 11.5 Å². The number of amides is 1. The van der Waals surface area contributed by atoms with Gasteiger partial charge in [-0.15, -0.1) is 0 Å². The zero-order chi connectivity index (χ0) is 17.5. The first kappa shape index (κ1) is 17.8. The second kappa shape index (κ2) is 8.35. The van der Waals surface area contributed by atoms with Crippen LogP contribution in [0.4, 0.5) is 0 Å². The summed E-state index contributed by atoms with van der Waals surface area (Å²) in [6.45, 7) is 0. The molecule has 0 bridgehead atoms. The van der Waals surface area contributed by atoms with Crippen LogP contribution in [0.15, 0.2) is 46.0 Å². The highest BCUT2D eigenvalue weighted by molar-refractivity contribution is 9.10. The van der Waals surface area contributed by atoms with Gasteiger partial charge in [-0.1, -0.05) is 0 Å². The molecular weight excluding hydrogens is 376 g/mol. The van der Waals surface area contributed by atoms with Crippen molar-refractivity contribution in [1.29, 1.82) is 0 Å². The predicted octanol–water partition coefficient (Wildman–Crippen LogP) is 3.24. The van der Waals surface area contributed by atoms with Crippen molar-refractivity contribution in [2.24, 2.45) is 5.10 Å². The summed E-state index contributed by atoms with van der Waals surface area (Å²) in [4.78, 5) is 12.1. The second-order valence-electron chi connectivity index (χ2n) is 4.66. The Morgan fingerprint density at radius 2 is 1.67 bits per heavy atom. The molecule has 0 unspecified atom stereocenters. The Kier molecular flexibility index (Phi) is 6.20. The van der Waals surface area contributed by atoms with Gasteiger partial charge in [-0.25, -0.2) is 5.43 Å². The molecular formula is C17H17BrN2O4. The first-order chi connectivity index (χ1) is 11.6. The van der Waals surface area contributed by atoms with Crippen molar-refractivity contribution in [3.05, 3.63) is 52.0 Å². The third-order valence-electron chi connectivity index (χ3n) is 3.20. The highest BCUT2D eigenvalue weighted by atomic mass is 79.9. The minimum absolute atomic E-state index is 0.324. The smallest absolute Gasteiger partial charge is 0.271 e. The fourth-order valence-corrected chi connectivity index (χ4v) is 2.51. The van der Waals surface area contributed by atoms with E-state index in [9.17, 15) is 4.79 Å². The van der Waals surface area contributed by atoms with E-state index in [-0.39, 0.29) is 5.91 Å². The number of rotatable bonds is 6. The molecule has 126 valence electrons. The number of carbonyl (C=O) groups excluding carboxylic acids is 1. The molecule has 0 aliphatic carbocycles. The van der Waals surface area contributed by atoms with Crippen molar-refractivity contribution < 1.29 is 19.0 Å². The molecule has 0 heterocycles. The third-order valence-corrected chi connectivity index (χ3v) is 3.82. The molecule has 0 atom stereocenters. The maximum atomic E-state index is 12.1. The quantitative estimate of drug-likeness (QED) is 0.605. The largest absolute Gasteiger partial charge is 0.496 e. The van der Waals surface area contributed by atoms with Crippen LogP contribution in [0.25, 0.3) is 0 Å². The monoisotopic (exact) mass is 392 g/mol. The number of nitrogens with zero attached hydrogens (tertiary/aromatic N) is 1. The minimum atomic E-state index is -0.324. The third kappa shape index (κ3) is 4.26. The molecule has 2 aromatic carbocycles. The number of methoxy groups -OCH3 is 3. The number of ether oxygens (including phenoxy) is 3. The molecule has 0 radical (unpaired) electrons. The van der Waals surface area contributed by atoms with E-state index < -0.39 is 0 Å². The molecule has 2 rings (SSSR count). The van der Waals surface area contributed by atoms with E-state index in [2.05, 4.69) is 26.5 Å². The molecule has 0 aliphatic heterocycles. The molecule has 2 aromatic rings. The Morgan fingerprint density at radius 3 is 2.29 bits per heavy atom. The number of nitrogens with one attached hydrogen (secondary N) is 1. The molecule has 24 heavy (non-hydrogen) atoms. The topological polar surface area (TPSA) is 69.2 Å². The summed E-state index contributed by atoms with van der Waals surface area (Å²) in [5.41, 5.74) is 3.71. The Labute approximate surface area is 148 Å². The SMILES string of the molecule is COc1ccc(C(=O)N/N=C/c2ccc(OC)c(OC)c2)cc1Br. The number of benzene rings is 2. The lowest BCUT2D eigenvalue weighted by Gasteiger charge is -2.07. The second-order valence-corrected chi connectivity index (χ2v) is 5.52. The highest BCUT2D eigenvalue weighted by Crippen LogP contribution is 2.27. The lowest BCUT2D eigenvalue weighted by molar-refractivity contribution is 0.0955. The van der Waals surface area contributed by atoms with Gasteiger partial charge in [0.1, 0.15) is 5.75 Å². The van der Waals surface area contributed by atoms with Gasteiger partial charge >= 0.3 is 0 Å². The van der Waals surface area contributed by atoms with Crippen LogP contribution in [0.1, 0.15) is 15.9 Å². The molecule has 0 saturated heterocycles. The summed E-state index contributed by atoms with van der Waals surface area (Å²) in [5.74, 6) is 1.55. The molecule has 6 nitrogen and oxygen atoms in total. The van der Waals surface area contributed by atoms with Gasteiger partial charge < -0.3 is 14.2 Å². The molecule has 1 N–H and O–H groups in total. The number of hydrogen-bond acceptors (Lipinski definition) is 5. The average molecular weight is 393 g/mol. The molecule has 0 aliphatic rings. The van der Waals surface area contributed by atoms with Crippen LogP contribution in [-0.4, -0.2) is 33.5 Å². The normalized spacial score (nSPS) is 10.5. The van der Waals surface area contributed by atoms with Gasteiger partial charge in [-0.3, -0.25) is 4.79 Å². The van der Waals surface area contributed by atoms with E-state index in [1.54, 1.807) is 57.7 Å². The van der Waals surface area contributed by atoms with Crippen molar-refractivity contribution in [2.45, 2.75) is 0 Å². The predicted molar refractivity (Wildman–Crippen MR) is 95.3 cm³/mol. The van der Waals surface area contributed by atoms with Crippen molar-refractivity contribution in [3.8, 4) is 17.2 Å². The van der Waals surface area contributed by atoms with E-state index in [0.29, 0.717) is 27.3 Å². The summed E-state index contributed by atoms with van der Waals surface area (Å²) >= 11 is 3.34. The zero-order valence-corrected chi connectivity index (χ0v) is 15.1. The molecule has 0 aromatic heterocycles. The standard InChI is InChI=1S/C17H17BrN2O4/c1-22-14-7-5-12(9-13(14)18)17(21)20-19-10-11-4-6-15(23-2)16(8-11)24-3/h4-10H,1-3H3,(H,20,21)/b19-10+. The molecule has 0 fully saturated rings. The lowest BCUT2D eigenvalue weighted by Crippen LogP contribution is -2.17. The average Bonchev–Trinajstić information content (AvgIpc) is 2.61. The summed E-state index contributed by atoms with van der Waals surface area (Å²) in [7, 11) is 4.69. The van der Waals surface area contributed by atoms with Crippen LogP contribution >= 0.6 is 15.9 Å². The van der Waals surface area contributed by atoms with Crippen molar-refractivity contribution in [3.63, 3.8) is 0 Å². The van der Waals surface area contributed by atoms with E-state index in [1.807, 2.05) is 0 Å². The summed E-state index contributed by atoms with van der Waals surface area (Å²) in [6.07, 6.45) is 1.53. The van der Waals surface area contributed by atoms with E-state index in [1.165, 1.54) is 6.21 Å². The van der Waals surface area contributed by atoms with Crippen molar-refractivity contribution in [1.82, 2.24) is 5.43 Å². The van der Waals surface area contributed by atoms with Crippen LogP contribution in [0.3, 0.4) is 0 Å². The van der Waals surface area contributed by atoms with Gasteiger partial charge in [0.2, 0.25) is 0 Å². The van der Waals surface area contributed by atoms with Gasteiger partial charge in [0.05, 0.1) is 32.0 Å². The Morgan fingerprint density at radius 1 is 1.00 bits per heavy atom. The fourth-order valence-electron chi connectivity index (χ4n) is 1.97. The van der Waals surface area contributed by atoms with Crippen LogP contribution in [0.5, 0.6) is 17.2 Å². The first-order valence-electron chi connectivity index (χ1n) is 6.98. The van der Waals surface area contributed by atoms with Crippen LogP contribution in [0, 0.1) is 0 Å². The lowest BCUT2D eigenvalue weighted by atomic mass is 10.2. The van der Waals surface area contributed by atoms with Crippen LogP contribution in [0.2, 0.25) is 0 Å². The molecule has 7 heteroatoms. The fraction of sp³-hybridized carbons (Fsp3) is 0.176. The first-order valence-corrected chi connectivity index (χ1v) is 7.77. The van der Waals surface area contributed by atoms with E-state index >= 15 is 0 Å². The maximum Gasteiger partial charge on any atom is 0.271 e. The Hall–Kier alpha value is -2.54. The van der Waals surface area contributed by atoms with Crippen LogP contribution in [-0.2, 0) is 0 Å². The zero-order valence-electron chi connectivity index (χ0n) is 13.5. The molecule has 0 spiro atoms. The van der Waals surface area contributed by atoms with Crippen molar-refractivity contribution in [2.75, 3.05) is 21.3 Å². The number of halogens is 1. The van der Waals surface area contributed by atoms with Gasteiger partial charge in [-0.05, 0) is 57.9 Å². The van der Waals surface area contributed by atoms with Crippen LogP contribution < -0.4 is 19.6 Å². The number of hydrazone groups is 1. The maximum absolute atomic E-state index is 12.1. The van der Waals surface area contributed by atoms with E-state index in [0.717, 1.165) is 5.56 Å². The highest BCUT2D eigenvalue weighted by Gasteiger charge is 2.08. The van der Waals surface area contributed by atoms with Gasteiger partial charge in [0, 0.05) is 5.56 Å². The molecule has 1 amide bonds.